The summed E-state index contributed by atoms with van der Waals surface area (Å²) in [5.74, 6) is -0.230. The molecule has 0 saturated heterocycles. The topological polar surface area (TPSA) is 61.8 Å². The molecular weight excluding hydrogens is 327 g/mol. The van der Waals surface area contributed by atoms with Crippen molar-refractivity contribution in [2.24, 2.45) is 0 Å². The number of halogens is 1. The van der Waals surface area contributed by atoms with Crippen LogP contribution < -0.4 is 9.47 Å². The van der Waals surface area contributed by atoms with E-state index in [9.17, 15) is 14.0 Å². The van der Waals surface area contributed by atoms with E-state index in [1.165, 1.54) is 37.3 Å². The molecule has 0 bridgehead atoms. The van der Waals surface area contributed by atoms with Gasteiger partial charge in [0.05, 0.1) is 0 Å². The fourth-order valence-electron chi connectivity index (χ4n) is 2.30. The summed E-state index contributed by atoms with van der Waals surface area (Å²) in [5.41, 5.74) is 1.01. The first kappa shape index (κ1) is 16.7. The predicted octanol–water partition coefficient (Wildman–Crippen LogP) is 3.38. The van der Waals surface area contributed by atoms with Crippen LogP contribution in [-0.4, -0.2) is 24.6 Å². The number of Topliss-reactive ketones (excluding diaryl/α,β-unsaturated/α-hetero) is 1. The number of carbonyl (C=O) groups excluding carboxylic acids is 2. The Morgan fingerprint density at radius 2 is 1.84 bits per heavy atom. The summed E-state index contributed by atoms with van der Waals surface area (Å²) in [4.78, 5) is 24.0. The third-order valence-electron chi connectivity index (χ3n) is 3.60. The fourth-order valence-corrected chi connectivity index (χ4v) is 2.30. The highest BCUT2D eigenvalue weighted by atomic mass is 19.1. The van der Waals surface area contributed by atoms with Crippen molar-refractivity contribution in [1.82, 2.24) is 0 Å². The van der Waals surface area contributed by atoms with E-state index >= 15 is 0 Å². The minimum atomic E-state index is -0.973. The zero-order valence-electron chi connectivity index (χ0n) is 13.4. The summed E-state index contributed by atoms with van der Waals surface area (Å²) in [6, 6.07) is 10.3. The van der Waals surface area contributed by atoms with Crippen molar-refractivity contribution in [2.75, 3.05) is 6.79 Å². The minimum Gasteiger partial charge on any atom is -0.454 e. The van der Waals surface area contributed by atoms with Crippen molar-refractivity contribution in [3.63, 3.8) is 0 Å². The first-order valence-electron chi connectivity index (χ1n) is 7.61. The third-order valence-corrected chi connectivity index (χ3v) is 3.60. The molecule has 1 aliphatic rings. The molecular formula is C19H15FO5. The van der Waals surface area contributed by atoms with Gasteiger partial charge in [0.25, 0.3) is 0 Å². The largest absolute Gasteiger partial charge is 0.454 e. The van der Waals surface area contributed by atoms with Crippen molar-refractivity contribution >= 4 is 17.8 Å². The maximum absolute atomic E-state index is 12.9. The summed E-state index contributed by atoms with van der Waals surface area (Å²) in [5, 5.41) is 0. The van der Waals surface area contributed by atoms with Crippen LogP contribution in [0, 0.1) is 5.82 Å². The van der Waals surface area contributed by atoms with E-state index in [1.54, 1.807) is 24.3 Å². The Kier molecular flexibility index (Phi) is 4.79. The van der Waals surface area contributed by atoms with Crippen LogP contribution in [0.4, 0.5) is 4.39 Å². The number of benzene rings is 2. The number of fused-ring (bicyclic) bond motifs is 1. The van der Waals surface area contributed by atoms with E-state index in [4.69, 9.17) is 14.2 Å². The average molecular weight is 342 g/mol. The molecule has 0 fully saturated rings. The molecule has 25 heavy (non-hydrogen) atoms. The standard InChI is InChI=1S/C19H15FO5/c1-12(19(22)14-4-6-15(20)7-5-14)25-18(21)9-3-13-2-8-16-17(10-13)24-11-23-16/h2-10,12H,11H2,1H3/b9-3+/t12-/m0/s1. The molecule has 0 unspecified atom stereocenters. The maximum atomic E-state index is 12.9. The molecule has 0 N–H and O–H groups in total. The van der Waals surface area contributed by atoms with Crippen LogP contribution in [0.5, 0.6) is 11.5 Å². The molecule has 0 amide bonds. The van der Waals surface area contributed by atoms with E-state index in [0.29, 0.717) is 11.5 Å². The van der Waals surface area contributed by atoms with Gasteiger partial charge in [-0.05, 0) is 55.0 Å². The van der Waals surface area contributed by atoms with E-state index < -0.39 is 23.7 Å². The summed E-state index contributed by atoms with van der Waals surface area (Å²) < 4.78 is 28.4. The highest BCUT2D eigenvalue weighted by Crippen LogP contribution is 2.32. The van der Waals surface area contributed by atoms with Gasteiger partial charge in [-0.2, -0.15) is 0 Å². The molecule has 2 aromatic rings. The van der Waals surface area contributed by atoms with E-state index in [-0.39, 0.29) is 12.4 Å². The van der Waals surface area contributed by atoms with Gasteiger partial charge in [0.15, 0.2) is 17.6 Å². The van der Waals surface area contributed by atoms with Crippen molar-refractivity contribution < 1.29 is 28.2 Å². The van der Waals surface area contributed by atoms with Gasteiger partial charge < -0.3 is 14.2 Å². The monoisotopic (exact) mass is 342 g/mol. The molecule has 0 spiro atoms. The Morgan fingerprint density at radius 1 is 1.12 bits per heavy atom. The quantitative estimate of drug-likeness (QED) is 0.474. The molecule has 2 aromatic carbocycles. The van der Waals surface area contributed by atoms with Crippen LogP contribution in [0.1, 0.15) is 22.8 Å². The van der Waals surface area contributed by atoms with Crippen LogP contribution in [0.25, 0.3) is 6.08 Å². The van der Waals surface area contributed by atoms with Gasteiger partial charge >= 0.3 is 5.97 Å². The van der Waals surface area contributed by atoms with Crippen molar-refractivity contribution in [3.8, 4) is 11.5 Å². The molecule has 0 aliphatic carbocycles. The number of rotatable bonds is 5. The lowest BCUT2D eigenvalue weighted by molar-refractivity contribution is -0.140. The molecule has 0 aromatic heterocycles. The van der Waals surface area contributed by atoms with Gasteiger partial charge in [-0.15, -0.1) is 0 Å². The Labute approximate surface area is 143 Å². The number of hydrogen-bond acceptors (Lipinski definition) is 5. The lowest BCUT2D eigenvalue weighted by Gasteiger charge is -2.10. The maximum Gasteiger partial charge on any atom is 0.331 e. The predicted molar refractivity (Wildman–Crippen MR) is 87.9 cm³/mol. The highest BCUT2D eigenvalue weighted by Gasteiger charge is 2.18. The summed E-state index contributed by atoms with van der Waals surface area (Å²) in [6.07, 6.45) is 1.81. The Balaban J connectivity index is 1.59. The van der Waals surface area contributed by atoms with Crippen molar-refractivity contribution in [1.29, 1.82) is 0 Å². The SMILES string of the molecule is C[C@H](OC(=O)/C=C/c1ccc2c(c1)OCO2)C(=O)c1ccc(F)cc1. The van der Waals surface area contributed by atoms with E-state index in [2.05, 4.69) is 0 Å². The summed E-state index contributed by atoms with van der Waals surface area (Å²) >= 11 is 0. The molecule has 128 valence electrons. The van der Waals surface area contributed by atoms with Gasteiger partial charge in [0.2, 0.25) is 12.6 Å². The van der Waals surface area contributed by atoms with E-state index in [0.717, 1.165) is 5.56 Å². The normalized spacial score (nSPS) is 13.7. The van der Waals surface area contributed by atoms with Crippen LogP contribution in [0.3, 0.4) is 0 Å². The molecule has 5 nitrogen and oxygen atoms in total. The Morgan fingerprint density at radius 3 is 2.60 bits per heavy atom. The van der Waals surface area contributed by atoms with Crippen LogP contribution >= 0.6 is 0 Å². The second-order valence-electron chi connectivity index (χ2n) is 5.40. The molecule has 6 heteroatoms. The number of ether oxygens (including phenoxy) is 3. The number of esters is 1. The molecule has 3 rings (SSSR count). The minimum absolute atomic E-state index is 0.174. The van der Waals surface area contributed by atoms with Gasteiger partial charge in [-0.3, -0.25) is 4.79 Å². The fraction of sp³-hybridized carbons (Fsp3) is 0.158. The second-order valence-corrected chi connectivity index (χ2v) is 5.40. The smallest absolute Gasteiger partial charge is 0.331 e. The Hall–Kier alpha value is -3.15. The van der Waals surface area contributed by atoms with Gasteiger partial charge in [-0.1, -0.05) is 6.07 Å². The first-order valence-corrected chi connectivity index (χ1v) is 7.61. The third kappa shape index (κ3) is 4.03. The lowest BCUT2D eigenvalue weighted by atomic mass is 10.1. The number of hydrogen-bond donors (Lipinski definition) is 0. The molecule has 1 aliphatic heterocycles. The molecule has 1 atom stereocenters. The van der Waals surface area contributed by atoms with E-state index in [1.807, 2.05) is 0 Å². The first-order chi connectivity index (χ1) is 12.0. The zero-order valence-corrected chi connectivity index (χ0v) is 13.4. The van der Waals surface area contributed by atoms with Gasteiger partial charge in [0, 0.05) is 11.6 Å². The molecule has 1 heterocycles. The van der Waals surface area contributed by atoms with Crippen LogP contribution in [-0.2, 0) is 9.53 Å². The lowest BCUT2D eigenvalue weighted by Crippen LogP contribution is -2.23. The van der Waals surface area contributed by atoms with Crippen molar-refractivity contribution in [3.05, 3.63) is 65.5 Å². The summed E-state index contributed by atoms with van der Waals surface area (Å²) in [6.45, 7) is 1.64. The average Bonchev–Trinajstić information content (AvgIpc) is 3.07. The number of ketones is 1. The van der Waals surface area contributed by atoms with Gasteiger partial charge in [0.1, 0.15) is 5.82 Å². The van der Waals surface area contributed by atoms with Crippen LogP contribution in [0.15, 0.2) is 48.5 Å². The number of carbonyl (C=O) groups is 2. The van der Waals surface area contributed by atoms with Crippen molar-refractivity contribution in [2.45, 2.75) is 13.0 Å². The Bertz CT molecular complexity index is 826. The zero-order chi connectivity index (χ0) is 17.8. The highest BCUT2D eigenvalue weighted by molar-refractivity contribution is 6.01. The summed E-state index contributed by atoms with van der Waals surface area (Å²) in [7, 11) is 0. The molecule has 0 saturated carbocycles. The van der Waals surface area contributed by atoms with Gasteiger partial charge in [-0.25, -0.2) is 9.18 Å². The van der Waals surface area contributed by atoms with Crippen LogP contribution in [0.2, 0.25) is 0 Å². The second kappa shape index (κ2) is 7.17. The molecule has 0 radical (unpaired) electrons.